The summed E-state index contributed by atoms with van der Waals surface area (Å²) >= 11 is 0. The van der Waals surface area contributed by atoms with Crippen LogP contribution in [-0.2, 0) is 11.2 Å². The van der Waals surface area contributed by atoms with Crippen LogP contribution in [0.1, 0.15) is 31.2 Å². The molecule has 1 fully saturated rings. The highest BCUT2D eigenvalue weighted by Crippen LogP contribution is 2.48. The molecule has 98 valence electrons. The van der Waals surface area contributed by atoms with Crippen molar-refractivity contribution in [2.45, 2.75) is 32.1 Å². The Hall–Kier alpha value is -2.02. The largest absolute Gasteiger partial charge is 0.493 e. The highest BCUT2D eigenvalue weighted by molar-refractivity contribution is 5.93. The Labute approximate surface area is 112 Å². The average Bonchev–Trinajstić information content (AvgIpc) is 3.17. The summed E-state index contributed by atoms with van der Waals surface area (Å²) in [6.07, 6.45) is 4.05. The second-order valence-electron chi connectivity index (χ2n) is 5.49. The molecule has 0 atom stereocenters. The van der Waals surface area contributed by atoms with Gasteiger partial charge in [0.1, 0.15) is 5.75 Å². The smallest absolute Gasteiger partial charge is 0.224 e. The summed E-state index contributed by atoms with van der Waals surface area (Å²) in [6, 6.07) is 8.01. The van der Waals surface area contributed by atoms with Gasteiger partial charge in [-0.15, -0.1) is 0 Å². The van der Waals surface area contributed by atoms with Crippen LogP contribution in [0.25, 0.3) is 0 Å². The molecule has 4 heteroatoms. The lowest BCUT2D eigenvalue weighted by molar-refractivity contribution is -0.116. The maximum atomic E-state index is 11.3. The summed E-state index contributed by atoms with van der Waals surface area (Å²) in [5.74, 6) is 0.909. The minimum absolute atomic E-state index is 0.0760. The predicted octanol–water partition coefficient (Wildman–Crippen LogP) is 2.64. The van der Waals surface area contributed by atoms with Crippen LogP contribution in [0, 0.1) is 16.7 Å². The fraction of sp³-hybridized carbons (Fsp3) is 0.467. The first-order valence-corrected chi connectivity index (χ1v) is 6.63. The molecule has 0 aromatic heterocycles. The standard InChI is InChI=1S/C15H16N2O2/c16-8-7-15(5-6-15)10-19-12-2-3-13-11(9-12)1-4-14(18)17-13/h2-3,9H,1,4-7,10H2,(H,17,18). The van der Waals surface area contributed by atoms with E-state index in [1.807, 2.05) is 18.2 Å². The third-order valence-electron chi connectivity index (χ3n) is 3.93. The molecule has 4 nitrogen and oxygen atoms in total. The summed E-state index contributed by atoms with van der Waals surface area (Å²) in [7, 11) is 0. The molecule has 1 aromatic carbocycles. The van der Waals surface area contributed by atoms with Gasteiger partial charge >= 0.3 is 0 Å². The van der Waals surface area contributed by atoms with Crippen molar-refractivity contribution in [1.29, 1.82) is 5.26 Å². The van der Waals surface area contributed by atoms with Crippen LogP contribution in [0.15, 0.2) is 18.2 Å². The third kappa shape index (κ3) is 2.55. The number of hydrogen-bond donors (Lipinski definition) is 1. The SMILES string of the molecule is N#CCC1(COc2ccc3c(c2)CCC(=O)N3)CC1. The number of nitrogens with one attached hydrogen (secondary N) is 1. The molecule has 0 bridgehead atoms. The van der Waals surface area contributed by atoms with Crippen molar-refractivity contribution in [1.82, 2.24) is 0 Å². The van der Waals surface area contributed by atoms with E-state index in [1.54, 1.807) is 0 Å². The van der Waals surface area contributed by atoms with Gasteiger partial charge in [-0.3, -0.25) is 4.79 Å². The molecule has 0 unspecified atom stereocenters. The van der Waals surface area contributed by atoms with Gasteiger partial charge < -0.3 is 10.1 Å². The number of carbonyl (C=O) groups excluding carboxylic acids is 1. The number of nitrogens with zero attached hydrogens (tertiary/aromatic N) is 1. The molecule has 3 rings (SSSR count). The second kappa shape index (κ2) is 4.58. The van der Waals surface area contributed by atoms with Gasteiger partial charge in [0.25, 0.3) is 0 Å². The van der Waals surface area contributed by atoms with E-state index in [2.05, 4.69) is 11.4 Å². The Morgan fingerprint density at radius 1 is 1.37 bits per heavy atom. The number of aryl methyl sites for hydroxylation is 1. The van der Waals surface area contributed by atoms with Crippen molar-refractivity contribution >= 4 is 11.6 Å². The number of benzene rings is 1. The molecule has 1 heterocycles. The number of anilines is 1. The monoisotopic (exact) mass is 256 g/mol. The summed E-state index contributed by atoms with van der Waals surface area (Å²) in [4.78, 5) is 11.3. The number of hydrogen-bond acceptors (Lipinski definition) is 3. The molecule has 19 heavy (non-hydrogen) atoms. The Bertz CT molecular complexity index is 556. The highest BCUT2D eigenvalue weighted by atomic mass is 16.5. The van der Waals surface area contributed by atoms with Crippen molar-refractivity contribution in [3.63, 3.8) is 0 Å². The molecule has 1 aliphatic carbocycles. The zero-order valence-electron chi connectivity index (χ0n) is 10.7. The first-order chi connectivity index (χ1) is 9.21. The van der Waals surface area contributed by atoms with Gasteiger partial charge in [-0.05, 0) is 43.0 Å². The third-order valence-corrected chi connectivity index (χ3v) is 3.93. The van der Waals surface area contributed by atoms with E-state index >= 15 is 0 Å². The second-order valence-corrected chi connectivity index (χ2v) is 5.49. The first-order valence-electron chi connectivity index (χ1n) is 6.63. The Morgan fingerprint density at radius 2 is 2.21 bits per heavy atom. The number of carbonyl (C=O) groups is 1. The average molecular weight is 256 g/mol. The van der Waals surface area contributed by atoms with Gasteiger partial charge in [0.2, 0.25) is 5.91 Å². The van der Waals surface area contributed by atoms with Crippen molar-refractivity contribution < 1.29 is 9.53 Å². The lowest BCUT2D eigenvalue weighted by Crippen LogP contribution is -2.19. The van der Waals surface area contributed by atoms with Crippen LogP contribution in [0.4, 0.5) is 5.69 Å². The van der Waals surface area contributed by atoms with Gasteiger partial charge in [-0.1, -0.05) is 0 Å². The molecule has 1 aliphatic heterocycles. The molecule has 0 spiro atoms. The highest BCUT2D eigenvalue weighted by Gasteiger charge is 2.43. The molecular formula is C15H16N2O2. The van der Waals surface area contributed by atoms with E-state index in [-0.39, 0.29) is 11.3 Å². The summed E-state index contributed by atoms with van der Waals surface area (Å²) in [5, 5.41) is 11.6. The van der Waals surface area contributed by atoms with E-state index in [0.717, 1.165) is 36.3 Å². The number of rotatable bonds is 4. The van der Waals surface area contributed by atoms with Gasteiger partial charge in [0.05, 0.1) is 12.7 Å². The fourth-order valence-electron chi connectivity index (χ4n) is 2.40. The minimum Gasteiger partial charge on any atom is -0.493 e. The zero-order chi connectivity index (χ0) is 13.3. The Balaban J connectivity index is 1.66. The van der Waals surface area contributed by atoms with Crippen molar-refractivity contribution in [3.05, 3.63) is 23.8 Å². The lowest BCUT2D eigenvalue weighted by atomic mass is 10.0. The van der Waals surface area contributed by atoms with Crippen LogP contribution >= 0.6 is 0 Å². The van der Waals surface area contributed by atoms with E-state index in [0.29, 0.717) is 19.4 Å². The van der Waals surface area contributed by atoms with Gasteiger partial charge in [-0.25, -0.2) is 0 Å². The maximum Gasteiger partial charge on any atom is 0.224 e. The topological polar surface area (TPSA) is 62.1 Å². The van der Waals surface area contributed by atoms with Gasteiger partial charge in [0, 0.05) is 23.9 Å². The zero-order valence-corrected chi connectivity index (χ0v) is 10.7. The van der Waals surface area contributed by atoms with Crippen LogP contribution in [0.3, 0.4) is 0 Å². The number of nitriles is 1. The van der Waals surface area contributed by atoms with Crippen molar-refractivity contribution in [2.24, 2.45) is 5.41 Å². The predicted molar refractivity (Wildman–Crippen MR) is 70.8 cm³/mol. The molecule has 0 saturated heterocycles. The molecular weight excluding hydrogens is 240 g/mol. The minimum atomic E-state index is 0.0760. The van der Waals surface area contributed by atoms with Gasteiger partial charge in [0.15, 0.2) is 0 Å². The normalized spacial score (nSPS) is 19.0. The van der Waals surface area contributed by atoms with E-state index in [4.69, 9.17) is 10.00 Å². The molecule has 1 amide bonds. The molecule has 1 aromatic rings. The van der Waals surface area contributed by atoms with E-state index in [1.165, 1.54) is 0 Å². The first kappa shape index (κ1) is 12.0. The van der Waals surface area contributed by atoms with Gasteiger partial charge in [-0.2, -0.15) is 5.26 Å². The number of fused-ring (bicyclic) bond motifs is 1. The van der Waals surface area contributed by atoms with Crippen LogP contribution < -0.4 is 10.1 Å². The van der Waals surface area contributed by atoms with Crippen molar-refractivity contribution in [3.8, 4) is 11.8 Å². The summed E-state index contributed by atoms with van der Waals surface area (Å²) < 4.78 is 5.81. The summed E-state index contributed by atoms with van der Waals surface area (Å²) in [5.41, 5.74) is 2.11. The number of amides is 1. The van der Waals surface area contributed by atoms with Crippen molar-refractivity contribution in [2.75, 3.05) is 11.9 Å². The summed E-state index contributed by atoms with van der Waals surface area (Å²) in [6.45, 7) is 0.617. The number of ether oxygens (including phenoxy) is 1. The quantitative estimate of drug-likeness (QED) is 0.900. The fourth-order valence-corrected chi connectivity index (χ4v) is 2.40. The van der Waals surface area contributed by atoms with Crippen LogP contribution in [0.2, 0.25) is 0 Å². The Kier molecular flexibility index (Phi) is 2.90. The molecule has 2 aliphatic rings. The van der Waals surface area contributed by atoms with Crippen LogP contribution in [-0.4, -0.2) is 12.5 Å². The molecule has 0 radical (unpaired) electrons. The van der Waals surface area contributed by atoms with E-state index < -0.39 is 0 Å². The Morgan fingerprint density at radius 3 is 2.95 bits per heavy atom. The maximum absolute atomic E-state index is 11.3. The molecule has 1 N–H and O–H groups in total. The van der Waals surface area contributed by atoms with E-state index in [9.17, 15) is 4.79 Å². The molecule has 1 saturated carbocycles. The van der Waals surface area contributed by atoms with Crippen LogP contribution in [0.5, 0.6) is 5.75 Å². The lowest BCUT2D eigenvalue weighted by Gasteiger charge is -2.19.